The highest BCUT2D eigenvalue weighted by Crippen LogP contribution is 2.24. The Morgan fingerprint density at radius 1 is 1.04 bits per heavy atom. The summed E-state index contributed by atoms with van der Waals surface area (Å²) < 4.78 is 6.16. The molecule has 0 radical (unpaired) electrons. The molecular formula is C21H20Cl2N2O2. The molecule has 2 heterocycles. The number of pyridine rings is 1. The van der Waals surface area contributed by atoms with Crippen LogP contribution in [0.15, 0.2) is 53.5 Å². The molecule has 140 valence electrons. The Labute approximate surface area is 167 Å². The SMILES string of the molecule is O=c1[nH]ccc2cc(OC3CCN(Cc4cc(Cl)cc(Cl)c4)CC3)ccc12. The fourth-order valence-electron chi connectivity index (χ4n) is 3.58. The second kappa shape index (κ2) is 7.93. The van der Waals surface area contributed by atoms with E-state index < -0.39 is 0 Å². The van der Waals surface area contributed by atoms with Crippen LogP contribution in [0.25, 0.3) is 10.8 Å². The maximum Gasteiger partial charge on any atom is 0.255 e. The Kier molecular flexibility index (Phi) is 5.39. The molecule has 1 N–H and O–H groups in total. The summed E-state index contributed by atoms with van der Waals surface area (Å²) in [5, 5.41) is 2.92. The number of aromatic amines is 1. The monoisotopic (exact) mass is 402 g/mol. The van der Waals surface area contributed by atoms with Crippen LogP contribution in [0, 0.1) is 0 Å². The standard InChI is InChI=1S/C21H20Cl2N2O2/c22-16-9-14(10-17(23)12-16)13-25-7-4-18(5-8-25)27-19-1-2-20-15(11-19)3-6-24-21(20)26/h1-3,6,9-12,18H,4-5,7-8,13H2,(H,24,26). The number of hydrogen-bond acceptors (Lipinski definition) is 3. The van der Waals surface area contributed by atoms with Crippen LogP contribution in [0.3, 0.4) is 0 Å². The first-order valence-corrected chi connectivity index (χ1v) is 9.78. The minimum atomic E-state index is -0.0755. The summed E-state index contributed by atoms with van der Waals surface area (Å²) in [5.74, 6) is 0.813. The van der Waals surface area contributed by atoms with Gasteiger partial charge in [0.15, 0.2) is 0 Å². The highest BCUT2D eigenvalue weighted by Gasteiger charge is 2.21. The van der Waals surface area contributed by atoms with Crippen LogP contribution >= 0.6 is 23.2 Å². The number of H-pyrrole nitrogens is 1. The summed E-state index contributed by atoms with van der Waals surface area (Å²) in [5.41, 5.74) is 1.06. The molecule has 0 amide bonds. The van der Waals surface area contributed by atoms with Gasteiger partial charge in [-0.1, -0.05) is 23.2 Å². The third-order valence-electron chi connectivity index (χ3n) is 4.91. The van der Waals surface area contributed by atoms with E-state index in [-0.39, 0.29) is 11.7 Å². The van der Waals surface area contributed by atoms with E-state index in [1.54, 1.807) is 12.3 Å². The smallest absolute Gasteiger partial charge is 0.255 e. The highest BCUT2D eigenvalue weighted by atomic mass is 35.5. The number of hydrogen-bond donors (Lipinski definition) is 1. The predicted molar refractivity (Wildman–Crippen MR) is 110 cm³/mol. The first-order chi connectivity index (χ1) is 13.1. The summed E-state index contributed by atoms with van der Waals surface area (Å²) in [6.07, 6.45) is 3.77. The largest absolute Gasteiger partial charge is 0.490 e. The van der Waals surface area contributed by atoms with Crippen molar-refractivity contribution in [2.45, 2.75) is 25.5 Å². The van der Waals surface area contributed by atoms with Crippen molar-refractivity contribution in [3.05, 3.63) is 74.6 Å². The molecule has 2 aromatic carbocycles. The molecule has 6 heteroatoms. The lowest BCUT2D eigenvalue weighted by atomic mass is 10.1. The van der Waals surface area contributed by atoms with E-state index in [1.807, 2.05) is 36.4 Å². The van der Waals surface area contributed by atoms with Crippen molar-refractivity contribution < 1.29 is 4.74 Å². The summed E-state index contributed by atoms with van der Waals surface area (Å²) >= 11 is 12.2. The molecule has 0 bridgehead atoms. The van der Waals surface area contributed by atoms with E-state index >= 15 is 0 Å². The van der Waals surface area contributed by atoms with Crippen molar-refractivity contribution in [3.8, 4) is 5.75 Å². The Morgan fingerprint density at radius 3 is 2.52 bits per heavy atom. The lowest BCUT2D eigenvalue weighted by molar-refractivity contribution is 0.0969. The lowest BCUT2D eigenvalue weighted by Crippen LogP contribution is -2.37. The normalized spacial score (nSPS) is 15.9. The summed E-state index contributed by atoms with van der Waals surface area (Å²) in [6, 6.07) is 13.2. The zero-order valence-corrected chi connectivity index (χ0v) is 16.3. The topological polar surface area (TPSA) is 45.3 Å². The predicted octanol–water partition coefficient (Wildman–Crippen LogP) is 4.88. The summed E-state index contributed by atoms with van der Waals surface area (Å²) in [7, 11) is 0. The third-order valence-corrected chi connectivity index (χ3v) is 5.35. The molecule has 0 atom stereocenters. The summed E-state index contributed by atoms with van der Waals surface area (Å²) in [4.78, 5) is 16.9. The molecule has 1 aliphatic heterocycles. The molecule has 0 saturated carbocycles. The average molecular weight is 403 g/mol. The van der Waals surface area contributed by atoms with Gasteiger partial charge in [-0.3, -0.25) is 9.69 Å². The zero-order chi connectivity index (χ0) is 18.8. The minimum Gasteiger partial charge on any atom is -0.490 e. The summed E-state index contributed by atoms with van der Waals surface area (Å²) in [6.45, 7) is 2.76. The lowest BCUT2D eigenvalue weighted by Gasteiger charge is -2.32. The Morgan fingerprint density at radius 2 is 1.78 bits per heavy atom. The molecule has 0 spiro atoms. The van der Waals surface area contributed by atoms with Crippen LogP contribution in [0.4, 0.5) is 0 Å². The van der Waals surface area contributed by atoms with E-state index in [0.29, 0.717) is 15.4 Å². The van der Waals surface area contributed by atoms with Crippen LogP contribution < -0.4 is 10.3 Å². The molecule has 0 unspecified atom stereocenters. The Balaban J connectivity index is 1.36. The molecule has 4 nitrogen and oxygen atoms in total. The highest BCUT2D eigenvalue weighted by molar-refractivity contribution is 6.34. The van der Waals surface area contributed by atoms with Gasteiger partial charge in [0.25, 0.3) is 5.56 Å². The number of nitrogens with one attached hydrogen (secondary N) is 1. The van der Waals surface area contributed by atoms with Gasteiger partial charge in [0.1, 0.15) is 11.9 Å². The van der Waals surface area contributed by atoms with E-state index in [9.17, 15) is 4.79 Å². The molecule has 27 heavy (non-hydrogen) atoms. The van der Waals surface area contributed by atoms with E-state index in [1.165, 1.54) is 0 Å². The van der Waals surface area contributed by atoms with Gasteiger partial charge in [-0.25, -0.2) is 0 Å². The van der Waals surface area contributed by atoms with Gasteiger partial charge in [0.2, 0.25) is 0 Å². The quantitative estimate of drug-likeness (QED) is 0.676. The number of aromatic nitrogens is 1. The maximum atomic E-state index is 11.8. The Hall–Kier alpha value is -2.01. The van der Waals surface area contributed by atoms with E-state index in [2.05, 4.69) is 9.88 Å². The number of likely N-dealkylation sites (tertiary alicyclic amines) is 1. The fourth-order valence-corrected chi connectivity index (χ4v) is 4.15. The van der Waals surface area contributed by atoms with Crippen LogP contribution in [0.1, 0.15) is 18.4 Å². The van der Waals surface area contributed by atoms with E-state index in [4.69, 9.17) is 27.9 Å². The first kappa shape index (κ1) is 18.4. The number of halogens is 2. The van der Waals surface area contributed by atoms with Crippen molar-refractivity contribution in [3.63, 3.8) is 0 Å². The number of fused-ring (bicyclic) bond motifs is 1. The zero-order valence-electron chi connectivity index (χ0n) is 14.8. The molecule has 1 fully saturated rings. The molecule has 1 aliphatic rings. The van der Waals surface area contributed by atoms with Gasteiger partial charge in [0.05, 0.1) is 0 Å². The molecule has 1 saturated heterocycles. The number of ether oxygens (including phenoxy) is 1. The van der Waals surface area contributed by atoms with Gasteiger partial charge in [-0.05, 0) is 66.3 Å². The van der Waals surface area contributed by atoms with E-state index in [0.717, 1.165) is 49.2 Å². The average Bonchev–Trinajstić information content (AvgIpc) is 2.63. The number of nitrogens with zero attached hydrogens (tertiary/aromatic N) is 1. The molecule has 0 aliphatic carbocycles. The van der Waals surface area contributed by atoms with Gasteiger partial charge in [0, 0.05) is 41.3 Å². The van der Waals surface area contributed by atoms with Gasteiger partial charge < -0.3 is 9.72 Å². The van der Waals surface area contributed by atoms with Crippen LogP contribution in [-0.2, 0) is 6.54 Å². The second-order valence-corrected chi connectivity index (χ2v) is 7.80. The molecular weight excluding hydrogens is 383 g/mol. The number of rotatable bonds is 4. The van der Waals surface area contributed by atoms with Gasteiger partial charge in [-0.2, -0.15) is 0 Å². The van der Waals surface area contributed by atoms with Crippen LogP contribution in [0.2, 0.25) is 10.0 Å². The minimum absolute atomic E-state index is 0.0755. The van der Waals surface area contributed by atoms with Gasteiger partial charge in [-0.15, -0.1) is 0 Å². The van der Waals surface area contributed by atoms with Crippen molar-refractivity contribution in [1.82, 2.24) is 9.88 Å². The molecule has 3 aromatic rings. The van der Waals surface area contributed by atoms with Crippen molar-refractivity contribution >= 4 is 34.0 Å². The van der Waals surface area contributed by atoms with Crippen LogP contribution in [-0.4, -0.2) is 29.1 Å². The van der Waals surface area contributed by atoms with Gasteiger partial charge >= 0.3 is 0 Å². The van der Waals surface area contributed by atoms with Crippen molar-refractivity contribution in [1.29, 1.82) is 0 Å². The second-order valence-electron chi connectivity index (χ2n) is 6.93. The third kappa shape index (κ3) is 4.46. The maximum absolute atomic E-state index is 11.8. The molecule has 1 aromatic heterocycles. The van der Waals surface area contributed by atoms with Crippen LogP contribution in [0.5, 0.6) is 5.75 Å². The molecule has 4 rings (SSSR count). The number of piperidine rings is 1. The van der Waals surface area contributed by atoms with Crippen molar-refractivity contribution in [2.24, 2.45) is 0 Å². The van der Waals surface area contributed by atoms with Crippen molar-refractivity contribution in [2.75, 3.05) is 13.1 Å². The first-order valence-electron chi connectivity index (χ1n) is 9.02. The fraction of sp³-hybridized carbons (Fsp3) is 0.286. The number of benzene rings is 2. The Bertz CT molecular complexity index is 990.